The summed E-state index contributed by atoms with van der Waals surface area (Å²) in [5.74, 6) is 0.270. The van der Waals surface area contributed by atoms with Gasteiger partial charge in [-0.15, -0.1) is 0 Å². The fraction of sp³-hybridized carbons (Fsp3) is 0.353. The molecule has 1 saturated carbocycles. The van der Waals surface area contributed by atoms with Crippen molar-refractivity contribution in [1.29, 1.82) is 0 Å². The summed E-state index contributed by atoms with van der Waals surface area (Å²) in [5.41, 5.74) is 0.883. The van der Waals surface area contributed by atoms with Gasteiger partial charge in [0.1, 0.15) is 0 Å². The Morgan fingerprint density at radius 3 is 2.70 bits per heavy atom. The van der Waals surface area contributed by atoms with E-state index < -0.39 is 0 Å². The van der Waals surface area contributed by atoms with E-state index >= 15 is 0 Å². The van der Waals surface area contributed by atoms with Crippen molar-refractivity contribution in [3.05, 3.63) is 40.8 Å². The van der Waals surface area contributed by atoms with E-state index in [-0.39, 0.29) is 29.5 Å². The molecule has 6 heteroatoms. The van der Waals surface area contributed by atoms with Gasteiger partial charge >= 0.3 is 0 Å². The zero-order valence-corrected chi connectivity index (χ0v) is 13.6. The molecule has 0 spiro atoms. The molecular formula is C17H18N2O3S. The first-order chi connectivity index (χ1) is 11.1. The minimum Gasteiger partial charge on any atom is -0.354 e. The number of carbonyl (C=O) groups excluding carboxylic acids is 3. The number of imide groups is 1. The Kier molecular flexibility index (Phi) is 4.52. The zero-order valence-electron chi connectivity index (χ0n) is 12.8. The molecule has 2 atom stereocenters. The van der Waals surface area contributed by atoms with Gasteiger partial charge in [-0.3, -0.25) is 19.3 Å². The van der Waals surface area contributed by atoms with Crippen molar-refractivity contribution < 1.29 is 14.4 Å². The normalized spacial score (nSPS) is 25.1. The van der Waals surface area contributed by atoms with Crippen molar-refractivity contribution >= 4 is 34.9 Å². The van der Waals surface area contributed by atoms with Crippen LogP contribution in [0.5, 0.6) is 0 Å². The molecule has 120 valence electrons. The third kappa shape index (κ3) is 3.64. The van der Waals surface area contributed by atoms with Crippen molar-refractivity contribution in [3.8, 4) is 0 Å². The number of nitrogens with zero attached hydrogens (tertiary/aromatic N) is 1. The van der Waals surface area contributed by atoms with E-state index in [0.717, 1.165) is 23.7 Å². The quantitative estimate of drug-likeness (QED) is 0.843. The number of nitrogens with one attached hydrogen (secondary N) is 1. The Labute approximate surface area is 139 Å². The van der Waals surface area contributed by atoms with E-state index in [1.54, 1.807) is 6.08 Å². The molecule has 0 aromatic heterocycles. The van der Waals surface area contributed by atoms with E-state index in [4.69, 9.17) is 0 Å². The predicted octanol–water partition coefficient (Wildman–Crippen LogP) is 2.50. The molecule has 1 aliphatic carbocycles. The number of hydrogen-bond donors (Lipinski definition) is 1. The number of amides is 3. The summed E-state index contributed by atoms with van der Waals surface area (Å²) in [6.07, 6.45) is 2.64. The van der Waals surface area contributed by atoms with Gasteiger partial charge in [0, 0.05) is 19.0 Å². The zero-order chi connectivity index (χ0) is 16.4. The molecule has 5 nitrogen and oxygen atoms in total. The van der Waals surface area contributed by atoms with Crippen LogP contribution >= 0.6 is 11.8 Å². The van der Waals surface area contributed by atoms with Crippen LogP contribution in [0.15, 0.2) is 35.2 Å². The second-order valence-electron chi connectivity index (χ2n) is 5.85. The first-order valence-electron chi connectivity index (χ1n) is 7.64. The Morgan fingerprint density at radius 1 is 1.35 bits per heavy atom. The number of rotatable bonds is 5. The van der Waals surface area contributed by atoms with Gasteiger partial charge in [-0.25, -0.2) is 0 Å². The van der Waals surface area contributed by atoms with Gasteiger partial charge in [0.05, 0.1) is 4.91 Å². The predicted molar refractivity (Wildman–Crippen MR) is 89.4 cm³/mol. The second-order valence-corrected chi connectivity index (χ2v) is 6.85. The largest absolute Gasteiger partial charge is 0.354 e. The average Bonchev–Trinajstić information content (AvgIpc) is 3.22. The van der Waals surface area contributed by atoms with E-state index in [1.165, 1.54) is 4.90 Å². The highest BCUT2D eigenvalue weighted by atomic mass is 32.2. The van der Waals surface area contributed by atoms with Crippen LogP contribution in [-0.2, 0) is 9.59 Å². The standard InChI is InChI=1S/C17H18N2O3S/c1-11-9-13(11)15(20)18-7-8-19-16(21)14(23-17(19)22)10-12-5-3-2-4-6-12/h2-6,10-11,13H,7-9H2,1H3,(H,18,20)/b14-10-. The van der Waals surface area contributed by atoms with Crippen LogP contribution in [0.25, 0.3) is 6.08 Å². The molecule has 1 aromatic carbocycles. The monoisotopic (exact) mass is 330 g/mol. The van der Waals surface area contributed by atoms with Crippen molar-refractivity contribution in [1.82, 2.24) is 10.2 Å². The summed E-state index contributed by atoms with van der Waals surface area (Å²) in [4.78, 5) is 37.6. The fourth-order valence-corrected chi connectivity index (χ4v) is 3.37. The maximum Gasteiger partial charge on any atom is 0.293 e. The smallest absolute Gasteiger partial charge is 0.293 e. The first kappa shape index (κ1) is 15.8. The topological polar surface area (TPSA) is 66.5 Å². The van der Waals surface area contributed by atoms with E-state index in [0.29, 0.717) is 17.4 Å². The number of hydrogen-bond acceptors (Lipinski definition) is 4. The molecule has 3 amide bonds. The van der Waals surface area contributed by atoms with Crippen LogP contribution < -0.4 is 5.32 Å². The molecule has 2 aliphatic rings. The van der Waals surface area contributed by atoms with Gasteiger partial charge in [-0.1, -0.05) is 37.3 Å². The Morgan fingerprint density at radius 2 is 2.04 bits per heavy atom. The molecule has 0 radical (unpaired) electrons. The highest BCUT2D eigenvalue weighted by molar-refractivity contribution is 8.18. The Balaban J connectivity index is 1.56. The van der Waals surface area contributed by atoms with Gasteiger partial charge in [-0.2, -0.15) is 0 Å². The van der Waals surface area contributed by atoms with E-state index in [9.17, 15) is 14.4 Å². The minimum atomic E-state index is -0.294. The second kappa shape index (κ2) is 6.58. The highest BCUT2D eigenvalue weighted by Gasteiger charge is 2.39. The number of benzene rings is 1. The number of thioether (sulfide) groups is 1. The molecule has 0 bridgehead atoms. The van der Waals surface area contributed by atoms with Crippen LogP contribution in [0.3, 0.4) is 0 Å². The summed E-state index contributed by atoms with van der Waals surface area (Å²) in [7, 11) is 0. The van der Waals surface area contributed by atoms with Crippen molar-refractivity contribution in [2.45, 2.75) is 13.3 Å². The summed E-state index contributed by atoms with van der Waals surface area (Å²) < 4.78 is 0. The SMILES string of the molecule is CC1CC1C(=O)NCCN1C(=O)S/C(=C\c2ccccc2)C1=O. The molecular weight excluding hydrogens is 312 g/mol. The summed E-state index contributed by atoms with van der Waals surface area (Å²) >= 11 is 0.940. The summed E-state index contributed by atoms with van der Waals surface area (Å²) in [5, 5.41) is 2.51. The lowest BCUT2D eigenvalue weighted by Gasteiger charge is -2.12. The van der Waals surface area contributed by atoms with Crippen molar-refractivity contribution in [2.75, 3.05) is 13.1 Å². The van der Waals surface area contributed by atoms with Crippen LogP contribution in [0.2, 0.25) is 0 Å². The third-order valence-electron chi connectivity index (χ3n) is 4.05. The summed E-state index contributed by atoms with van der Waals surface area (Å²) in [6.45, 7) is 2.55. The van der Waals surface area contributed by atoms with Gasteiger partial charge in [-0.05, 0) is 35.7 Å². The lowest BCUT2D eigenvalue weighted by molar-refractivity contribution is -0.125. The minimum absolute atomic E-state index is 0.0179. The van der Waals surface area contributed by atoms with E-state index in [1.807, 2.05) is 37.3 Å². The molecule has 2 fully saturated rings. The molecule has 23 heavy (non-hydrogen) atoms. The third-order valence-corrected chi connectivity index (χ3v) is 4.96. The highest BCUT2D eigenvalue weighted by Crippen LogP contribution is 2.37. The molecule has 1 aromatic rings. The molecule has 1 N–H and O–H groups in total. The first-order valence-corrected chi connectivity index (χ1v) is 8.46. The fourth-order valence-electron chi connectivity index (χ4n) is 2.50. The lowest BCUT2D eigenvalue weighted by Crippen LogP contribution is -2.37. The van der Waals surface area contributed by atoms with E-state index in [2.05, 4.69) is 5.32 Å². The Hall–Kier alpha value is -2.08. The molecule has 1 aliphatic heterocycles. The van der Waals surface area contributed by atoms with Gasteiger partial charge < -0.3 is 5.32 Å². The van der Waals surface area contributed by atoms with Crippen LogP contribution in [-0.4, -0.2) is 35.0 Å². The molecule has 1 saturated heterocycles. The van der Waals surface area contributed by atoms with Crippen LogP contribution in [0, 0.1) is 11.8 Å². The summed E-state index contributed by atoms with van der Waals surface area (Å²) in [6, 6.07) is 9.41. The Bertz CT molecular complexity index is 672. The van der Waals surface area contributed by atoms with Gasteiger partial charge in [0.15, 0.2) is 0 Å². The average molecular weight is 330 g/mol. The molecule has 1 heterocycles. The number of carbonyl (C=O) groups is 3. The van der Waals surface area contributed by atoms with Crippen LogP contribution in [0.4, 0.5) is 4.79 Å². The molecule has 3 rings (SSSR count). The van der Waals surface area contributed by atoms with Crippen LogP contribution in [0.1, 0.15) is 18.9 Å². The van der Waals surface area contributed by atoms with Gasteiger partial charge in [0.25, 0.3) is 11.1 Å². The lowest BCUT2D eigenvalue weighted by atomic mass is 10.2. The van der Waals surface area contributed by atoms with Gasteiger partial charge in [0.2, 0.25) is 5.91 Å². The maximum atomic E-state index is 12.3. The molecule has 2 unspecified atom stereocenters. The van der Waals surface area contributed by atoms with Crippen molar-refractivity contribution in [3.63, 3.8) is 0 Å². The van der Waals surface area contributed by atoms with Crippen molar-refractivity contribution in [2.24, 2.45) is 11.8 Å². The maximum absolute atomic E-state index is 12.3.